The normalized spacial score (nSPS) is 8.57. The largest absolute Gasteiger partial charge is 3.00 e. The molecule has 0 atom stereocenters. The maximum Gasteiger partial charge on any atom is 3.00 e. The fraction of sp³-hybridized carbons (Fsp3) is 0. The molecule has 0 aromatic carbocycles. The smallest absolute Gasteiger partial charge is 0.894 e. The molecule has 7 heteroatoms. The topological polar surface area (TPSA) is 92.2 Å². The van der Waals surface area contributed by atoms with Gasteiger partial charge in [0, 0.05) is 0 Å². The molecule has 43 valence electrons. The molecule has 0 saturated heterocycles. The number of hydrogen-bond acceptors (Lipinski definition) is 4. The SMILES string of the molecule is [Na+].[O-][Si]([O-])([O-])[O-].[Yb+3]. The van der Waals surface area contributed by atoms with Crippen molar-refractivity contribution in [2.75, 3.05) is 0 Å². The first kappa shape index (κ1) is 16.3. The van der Waals surface area contributed by atoms with Crippen molar-refractivity contribution in [2.45, 2.75) is 0 Å². The zero-order valence-corrected chi connectivity index (χ0v) is 8.12. The van der Waals surface area contributed by atoms with E-state index in [1.165, 1.54) is 0 Å². The molecule has 0 rings (SSSR count). The summed E-state index contributed by atoms with van der Waals surface area (Å²) in [7, 11) is -5.61. The van der Waals surface area contributed by atoms with E-state index < -0.39 is 9.05 Å². The molecule has 0 aliphatic heterocycles. The average Bonchev–Trinajstić information content (AvgIpc) is 0.722. The Labute approximate surface area is 103 Å². The summed E-state index contributed by atoms with van der Waals surface area (Å²) in [6.45, 7) is 0. The van der Waals surface area contributed by atoms with Crippen LogP contribution < -0.4 is 48.7 Å². The molecule has 0 aliphatic carbocycles. The summed E-state index contributed by atoms with van der Waals surface area (Å²) >= 11 is 0. The van der Waals surface area contributed by atoms with Crippen molar-refractivity contribution < 1.29 is 95.7 Å². The number of hydrogen-bond donors (Lipinski definition) is 0. The average molecular weight is 288 g/mol. The first-order valence-electron chi connectivity index (χ1n) is 0.816. The third kappa shape index (κ3) is 55.9. The van der Waals surface area contributed by atoms with Gasteiger partial charge in [0.25, 0.3) is 0 Å². The van der Waals surface area contributed by atoms with Crippen LogP contribution in [0.3, 0.4) is 0 Å². The van der Waals surface area contributed by atoms with Gasteiger partial charge in [-0.25, -0.2) is 0 Å². The van der Waals surface area contributed by atoms with E-state index in [2.05, 4.69) is 0 Å². The van der Waals surface area contributed by atoms with Crippen LogP contribution in [-0.4, -0.2) is 9.05 Å². The van der Waals surface area contributed by atoms with Crippen molar-refractivity contribution in [3.63, 3.8) is 0 Å². The summed E-state index contributed by atoms with van der Waals surface area (Å²) in [5, 5.41) is 0. The van der Waals surface area contributed by atoms with Gasteiger partial charge < -0.3 is 28.2 Å². The van der Waals surface area contributed by atoms with Gasteiger partial charge in [-0.2, -0.15) is 0 Å². The minimum Gasteiger partial charge on any atom is -0.894 e. The predicted molar refractivity (Wildman–Crippen MR) is 5.75 cm³/mol. The molecule has 0 aliphatic rings. The molecule has 4 nitrogen and oxygen atoms in total. The van der Waals surface area contributed by atoms with Crippen LogP contribution in [0.5, 0.6) is 0 Å². The van der Waals surface area contributed by atoms with E-state index in [9.17, 15) is 0 Å². The van der Waals surface area contributed by atoms with Gasteiger partial charge in [-0.3, -0.25) is 0 Å². The molecule has 7 heavy (non-hydrogen) atoms. The zero-order valence-electron chi connectivity index (χ0n) is 3.40. The Hall–Kier alpha value is 2.58. The van der Waals surface area contributed by atoms with Crippen LogP contribution in [-0.2, 0) is 0 Å². The van der Waals surface area contributed by atoms with Crippen molar-refractivity contribution in [3.8, 4) is 0 Å². The van der Waals surface area contributed by atoms with Gasteiger partial charge in [0.2, 0.25) is 0 Å². The van der Waals surface area contributed by atoms with E-state index in [1.54, 1.807) is 0 Å². The fourth-order valence-electron chi connectivity index (χ4n) is 0. The summed E-state index contributed by atoms with van der Waals surface area (Å²) in [6.07, 6.45) is 0. The molecule has 0 unspecified atom stereocenters. The van der Waals surface area contributed by atoms with Gasteiger partial charge in [0.15, 0.2) is 0 Å². The molecular formula is NaO4SiYb. The first-order valence-corrected chi connectivity index (χ1v) is 2.45. The molecule has 0 aromatic rings. The summed E-state index contributed by atoms with van der Waals surface area (Å²) in [6, 6.07) is 0. The van der Waals surface area contributed by atoms with Crippen LogP contribution in [0.15, 0.2) is 0 Å². The summed E-state index contributed by atoms with van der Waals surface area (Å²) in [4.78, 5) is 34.3. The maximum atomic E-state index is 8.58. The Morgan fingerprint density at radius 1 is 0.857 bits per heavy atom. The number of rotatable bonds is 0. The Kier molecular flexibility index (Phi) is 15.6. The zero-order chi connectivity index (χ0) is 4.50. The Morgan fingerprint density at radius 2 is 0.857 bits per heavy atom. The second-order valence-electron chi connectivity index (χ2n) is 0.500. The Morgan fingerprint density at radius 3 is 0.857 bits per heavy atom. The van der Waals surface area contributed by atoms with Gasteiger partial charge in [-0.1, -0.05) is 0 Å². The van der Waals surface area contributed by atoms with Crippen molar-refractivity contribution in [2.24, 2.45) is 0 Å². The van der Waals surface area contributed by atoms with Gasteiger partial charge in [-0.05, 0) is 0 Å². The van der Waals surface area contributed by atoms with E-state index >= 15 is 0 Å². The second-order valence-corrected chi connectivity index (χ2v) is 1.50. The van der Waals surface area contributed by atoms with Crippen LogP contribution in [0.1, 0.15) is 0 Å². The molecule has 0 aromatic heterocycles. The molecule has 0 saturated carbocycles. The summed E-state index contributed by atoms with van der Waals surface area (Å²) < 4.78 is 0. The molecule has 0 N–H and O–H groups in total. The van der Waals surface area contributed by atoms with Crippen molar-refractivity contribution in [1.29, 1.82) is 0 Å². The quantitative estimate of drug-likeness (QED) is 0.414. The third-order valence-corrected chi connectivity index (χ3v) is 0. The Balaban J connectivity index is -0.0000000800. The molecule has 0 fully saturated rings. The second kappa shape index (κ2) is 6.69. The third-order valence-electron chi connectivity index (χ3n) is 0. The standard InChI is InChI=1S/Na.O4Si.Yb/c;1-5(2,3)4;/q+1;-4;+3. The van der Waals surface area contributed by atoms with Crippen LogP contribution in [0.2, 0.25) is 0 Å². The van der Waals surface area contributed by atoms with Crippen molar-refractivity contribution in [1.82, 2.24) is 0 Å². The minimum atomic E-state index is -5.61. The van der Waals surface area contributed by atoms with Crippen LogP contribution >= 0.6 is 0 Å². The van der Waals surface area contributed by atoms with Crippen molar-refractivity contribution in [3.05, 3.63) is 0 Å². The molecule has 1 radical (unpaired) electrons. The van der Waals surface area contributed by atoms with Gasteiger partial charge >= 0.3 is 76.5 Å². The first-order chi connectivity index (χ1) is 2.00. The van der Waals surface area contributed by atoms with E-state index in [4.69, 9.17) is 19.2 Å². The monoisotopic (exact) mass is 289 g/mol. The summed E-state index contributed by atoms with van der Waals surface area (Å²) in [5.74, 6) is 0. The summed E-state index contributed by atoms with van der Waals surface area (Å²) in [5.41, 5.74) is 0. The van der Waals surface area contributed by atoms with Crippen molar-refractivity contribution >= 4 is 9.05 Å². The van der Waals surface area contributed by atoms with Crippen LogP contribution in [0.4, 0.5) is 0 Å². The molecular weight excluding hydrogens is 288 g/mol. The van der Waals surface area contributed by atoms with E-state index in [0.717, 1.165) is 0 Å². The Bertz CT molecular complexity index is 27.2. The van der Waals surface area contributed by atoms with E-state index in [1.807, 2.05) is 0 Å². The maximum absolute atomic E-state index is 8.58. The van der Waals surface area contributed by atoms with Gasteiger partial charge in [0.1, 0.15) is 0 Å². The predicted octanol–water partition coefficient (Wildman–Crippen LogP) is -8.13. The van der Waals surface area contributed by atoms with Gasteiger partial charge in [-0.15, -0.1) is 0 Å². The van der Waals surface area contributed by atoms with E-state index in [-0.39, 0.29) is 76.5 Å². The van der Waals surface area contributed by atoms with Crippen LogP contribution in [0.25, 0.3) is 0 Å². The molecule has 0 spiro atoms. The van der Waals surface area contributed by atoms with E-state index in [0.29, 0.717) is 0 Å². The molecule has 0 amide bonds. The fourth-order valence-corrected chi connectivity index (χ4v) is 0. The minimum absolute atomic E-state index is 0. The van der Waals surface area contributed by atoms with Gasteiger partial charge in [0.05, 0.1) is 0 Å². The molecule has 0 heterocycles. The molecule has 0 bridgehead atoms. The van der Waals surface area contributed by atoms with Crippen LogP contribution in [0, 0.1) is 46.9 Å².